The summed E-state index contributed by atoms with van der Waals surface area (Å²) in [6.07, 6.45) is 7.45. The maximum atomic E-state index is 12.2. The normalized spacial score (nSPS) is 15.5. The van der Waals surface area contributed by atoms with Crippen LogP contribution in [0.5, 0.6) is 0 Å². The van der Waals surface area contributed by atoms with Crippen LogP contribution in [-0.4, -0.2) is 36.2 Å². The number of rotatable bonds is 6. The van der Waals surface area contributed by atoms with Gasteiger partial charge in [-0.15, -0.1) is 0 Å². The predicted molar refractivity (Wildman–Crippen MR) is 124 cm³/mol. The van der Waals surface area contributed by atoms with Gasteiger partial charge < -0.3 is 9.88 Å². The number of aromatic nitrogens is 2. The fraction of sp³-hybridized carbons (Fsp3) is 0.182. The maximum absolute atomic E-state index is 12.2. The number of carbonyl (C=O) groups is 1. The van der Waals surface area contributed by atoms with E-state index in [9.17, 15) is 13.2 Å². The molecule has 2 aromatic carbocycles. The molecular weight excluding hydrogens is 432 g/mol. The number of benzene rings is 2. The third kappa shape index (κ3) is 5.18. The van der Waals surface area contributed by atoms with Crippen molar-refractivity contribution in [3.8, 4) is 0 Å². The van der Waals surface area contributed by atoms with Gasteiger partial charge in [0, 0.05) is 42.6 Å². The van der Waals surface area contributed by atoms with Gasteiger partial charge in [0.1, 0.15) is 0 Å². The predicted octanol–water partition coefficient (Wildman–Crippen LogP) is 3.76. The maximum Gasteiger partial charge on any atom is 0.248 e. The van der Waals surface area contributed by atoms with Crippen LogP contribution >= 0.6 is 11.8 Å². The van der Waals surface area contributed by atoms with E-state index in [1.54, 1.807) is 48.3 Å². The molecule has 4 rings (SSSR count). The highest BCUT2D eigenvalue weighted by Gasteiger charge is 2.28. The van der Waals surface area contributed by atoms with Crippen LogP contribution in [-0.2, 0) is 21.9 Å². The summed E-state index contributed by atoms with van der Waals surface area (Å²) in [5.41, 5.74) is 2.17. The van der Waals surface area contributed by atoms with Gasteiger partial charge in [-0.25, -0.2) is 13.4 Å². The second kappa shape index (κ2) is 8.99. The second-order valence-corrected chi connectivity index (χ2v) is 10.2. The average Bonchev–Trinajstić information content (AvgIpc) is 3.32. The topological polar surface area (TPSA) is 84.3 Å². The Morgan fingerprint density at radius 2 is 1.87 bits per heavy atom. The van der Waals surface area contributed by atoms with Gasteiger partial charge in [0.25, 0.3) is 0 Å². The number of aryl methyl sites for hydroxylation is 1. The zero-order valence-electron chi connectivity index (χ0n) is 16.9. The van der Waals surface area contributed by atoms with Crippen LogP contribution < -0.4 is 9.62 Å². The number of carbonyl (C=O) groups excluding carboxylic acids is 1. The summed E-state index contributed by atoms with van der Waals surface area (Å²) >= 11 is 1.55. The van der Waals surface area contributed by atoms with E-state index in [0.29, 0.717) is 24.3 Å². The van der Waals surface area contributed by atoms with Gasteiger partial charge in [0.15, 0.2) is 5.16 Å². The molecule has 1 amide bonds. The van der Waals surface area contributed by atoms with Crippen LogP contribution in [0.3, 0.4) is 0 Å². The molecule has 0 bridgehead atoms. The van der Waals surface area contributed by atoms with Crippen LogP contribution in [0.15, 0.2) is 77.1 Å². The molecule has 9 heteroatoms. The highest BCUT2D eigenvalue weighted by atomic mass is 32.2. The fourth-order valence-electron chi connectivity index (χ4n) is 3.20. The summed E-state index contributed by atoms with van der Waals surface area (Å²) in [7, 11) is -1.25. The van der Waals surface area contributed by atoms with Crippen molar-refractivity contribution < 1.29 is 13.2 Å². The van der Waals surface area contributed by atoms with Crippen molar-refractivity contribution in [1.29, 1.82) is 0 Å². The lowest BCUT2D eigenvalue weighted by Gasteiger charge is -2.16. The molecule has 1 N–H and O–H groups in total. The first-order valence-electron chi connectivity index (χ1n) is 9.75. The molecule has 3 aromatic rings. The highest BCUT2D eigenvalue weighted by Crippen LogP contribution is 2.27. The molecule has 1 fully saturated rings. The molecule has 2 heterocycles. The Hall–Kier alpha value is -3.04. The van der Waals surface area contributed by atoms with Crippen molar-refractivity contribution in [3.05, 3.63) is 72.6 Å². The molecule has 1 saturated heterocycles. The van der Waals surface area contributed by atoms with Crippen molar-refractivity contribution >= 4 is 45.1 Å². The van der Waals surface area contributed by atoms with Crippen molar-refractivity contribution in [2.24, 2.45) is 7.05 Å². The summed E-state index contributed by atoms with van der Waals surface area (Å²) in [6, 6.07) is 14.7. The minimum absolute atomic E-state index is 0.192. The summed E-state index contributed by atoms with van der Waals surface area (Å²) < 4.78 is 27.4. The highest BCUT2D eigenvalue weighted by molar-refractivity contribution is 7.99. The van der Waals surface area contributed by atoms with E-state index in [1.807, 2.05) is 42.1 Å². The summed E-state index contributed by atoms with van der Waals surface area (Å²) in [4.78, 5) is 17.5. The minimum Gasteiger partial charge on any atom is -0.329 e. The Morgan fingerprint density at radius 1 is 1.13 bits per heavy atom. The van der Waals surface area contributed by atoms with Crippen molar-refractivity contribution in [3.63, 3.8) is 0 Å². The molecule has 0 radical (unpaired) electrons. The number of amides is 1. The number of nitrogens with zero attached hydrogens (tertiary/aromatic N) is 3. The SMILES string of the molecule is Cn1ccnc1Sc1ccc(NC(=O)/C=C/c2ccc(N3CCCS3(=O)=O)cc2)cc1. The summed E-state index contributed by atoms with van der Waals surface area (Å²) in [6.45, 7) is 0.513. The lowest BCUT2D eigenvalue weighted by atomic mass is 10.2. The molecule has 0 spiro atoms. The van der Waals surface area contributed by atoms with Crippen LogP contribution in [0.4, 0.5) is 11.4 Å². The van der Waals surface area contributed by atoms with E-state index < -0.39 is 10.0 Å². The largest absolute Gasteiger partial charge is 0.329 e. The second-order valence-electron chi connectivity index (χ2n) is 7.10. The van der Waals surface area contributed by atoms with E-state index in [0.717, 1.165) is 15.6 Å². The third-order valence-electron chi connectivity index (χ3n) is 4.82. The van der Waals surface area contributed by atoms with Crippen LogP contribution in [0.25, 0.3) is 6.08 Å². The number of hydrogen-bond donors (Lipinski definition) is 1. The fourth-order valence-corrected chi connectivity index (χ4v) is 5.56. The Labute approximate surface area is 185 Å². The third-order valence-corrected chi connectivity index (χ3v) is 7.77. The summed E-state index contributed by atoms with van der Waals surface area (Å²) in [5.74, 6) is -0.0481. The van der Waals surface area contributed by atoms with Crippen molar-refractivity contribution in [1.82, 2.24) is 9.55 Å². The zero-order chi connectivity index (χ0) is 21.8. The smallest absolute Gasteiger partial charge is 0.248 e. The van der Waals surface area contributed by atoms with Crippen LogP contribution in [0.2, 0.25) is 0 Å². The Morgan fingerprint density at radius 3 is 2.48 bits per heavy atom. The van der Waals surface area contributed by atoms with E-state index >= 15 is 0 Å². The molecular formula is C22H22N4O3S2. The molecule has 1 aromatic heterocycles. The van der Waals surface area contributed by atoms with Crippen LogP contribution in [0, 0.1) is 0 Å². The number of sulfonamides is 1. The molecule has 31 heavy (non-hydrogen) atoms. The minimum atomic E-state index is -3.19. The standard InChI is InChI=1S/C22H22N4O3S2/c1-25-15-13-23-22(25)30-20-10-6-18(7-11-20)24-21(27)12-5-17-3-8-19(9-4-17)26-14-2-16-31(26,28)29/h3-13,15H,2,14,16H2,1H3,(H,24,27)/b12-5+. The molecule has 160 valence electrons. The lowest BCUT2D eigenvalue weighted by Crippen LogP contribution is -2.24. The molecule has 1 aliphatic heterocycles. The zero-order valence-corrected chi connectivity index (χ0v) is 18.6. The van der Waals surface area contributed by atoms with Crippen molar-refractivity contribution in [2.75, 3.05) is 21.9 Å². The first-order valence-corrected chi connectivity index (χ1v) is 12.2. The van der Waals surface area contributed by atoms with E-state index in [2.05, 4.69) is 10.3 Å². The van der Waals surface area contributed by atoms with Gasteiger partial charge in [-0.1, -0.05) is 23.9 Å². The van der Waals surface area contributed by atoms with Gasteiger partial charge in [0.2, 0.25) is 15.9 Å². The summed E-state index contributed by atoms with van der Waals surface area (Å²) in [5, 5.41) is 3.73. The van der Waals surface area contributed by atoms with Gasteiger partial charge >= 0.3 is 0 Å². The van der Waals surface area contributed by atoms with E-state index in [-0.39, 0.29) is 11.7 Å². The first-order chi connectivity index (χ1) is 14.9. The van der Waals surface area contributed by atoms with Gasteiger partial charge in [-0.2, -0.15) is 0 Å². The number of imidazole rings is 1. The van der Waals surface area contributed by atoms with Gasteiger partial charge in [-0.3, -0.25) is 9.10 Å². The molecule has 0 atom stereocenters. The first kappa shape index (κ1) is 21.2. The quantitative estimate of drug-likeness (QED) is 0.574. The number of anilines is 2. The molecule has 0 saturated carbocycles. The molecule has 0 unspecified atom stereocenters. The van der Waals surface area contributed by atoms with Crippen LogP contribution in [0.1, 0.15) is 12.0 Å². The molecule has 1 aliphatic rings. The molecule has 7 nitrogen and oxygen atoms in total. The Bertz CT molecular complexity index is 1200. The number of nitrogens with one attached hydrogen (secondary N) is 1. The van der Waals surface area contributed by atoms with E-state index in [1.165, 1.54) is 10.4 Å². The molecule has 0 aliphatic carbocycles. The lowest BCUT2D eigenvalue weighted by molar-refractivity contribution is -0.111. The van der Waals surface area contributed by atoms with Gasteiger partial charge in [0.05, 0.1) is 11.4 Å². The van der Waals surface area contributed by atoms with E-state index in [4.69, 9.17) is 0 Å². The Balaban J connectivity index is 1.33. The average molecular weight is 455 g/mol. The van der Waals surface area contributed by atoms with Crippen molar-refractivity contribution in [2.45, 2.75) is 16.5 Å². The Kier molecular flexibility index (Phi) is 6.15. The number of hydrogen-bond acceptors (Lipinski definition) is 5. The van der Waals surface area contributed by atoms with Gasteiger partial charge in [-0.05, 0) is 54.5 Å². The monoisotopic (exact) mass is 454 g/mol.